The molecule has 0 amide bonds. The van der Waals surface area contributed by atoms with Crippen LogP contribution in [0, 0.1) is 12.3 Å². The van der Waals surface area contributed by atoms with E-state index in [9.17, 15) is 0 Å². The highest BCUT2D eigenvalue weighted by atomic mass is 32.1. The Kier molecular flexibility index (Phi) is 3.50. The summed E-state index contributed by atoms with van der Waals surface area (Å²) in [5, 5.41) is 10.2. The van der Waals surface area contributed by atoms with Crippen LogP contribution in [0.25, 0.3) is 0 Å². The van der Waals surface area contributed by atoms with Gasteiger partial charge in [0.05, 0.1) is 5.69 Å². The van der Waals surface area contributed by atoms with Gasteiger partial charge >= 0.3 is 0 Å². The van der Waals surface area contributed by atoms with Crippen LogP contribution in [0.15, 0.2) is 5.38 Å². The maximum Gasteiger partial charge on any atom is 0.182 e. The minimum absolute atomic E-state index is 0.386. The second-order valence-corrected chi connectivity index (χ2v) is 6.13. The first kappa shape index (κ1) is 11.9. The highest BCUT2D eigenvalue weighted by Crippen LogP contribution is 2.30. The van der Waals surface area contributed by atoms with Gasteiger partial charge in [-0.05, 0) is 31.7 Å². The van der Waals surface area contributed by atoms with Crippen molar-refractivity contribution < 1.29 is 0 Å². The molecule has 1 aliphatic heterocycles. The number of nitrogens with one attached hydrogen (secondary N) is 2. The Morgan fingerprint density at radius 1 is 1.62 bits per heavy atom. The summed E-state index contributed by atoms with van der Waals surface area (Å²) >= 11 is 1.69. The lowest BCUT2D eigenvalue weighted by Crippen LogP contribution is -2.50. The molecule has 1 fully saturated rings. The molecule has 1 aromatic rings. The number of anilines is 1. The fourth-order valence-electron chi connectivity index (χ4n) is 2.24. The van der Waals surface area contributed by atoms with Crippen molar-refractivity contribution in [2.24, 2.45) is 5.41 Å². The summed E-state index contributed by atoms with van der Waals surface area (Å²) in [6.07, 6.45) is 2.60. The minimum atomic E-state index is 0.386. The third-order valence-electron chi connectivity index (χ3n) is 3.41. The molecule has 0 spiro atoms. The van der Waals surface area contributed by atoms with Crippen LogP contribution in [-0.2, 0) is 0 Å². The Labute approximate surface area is 102 Å². The molecule has 0 aliphatic carbocycles. The molecule has 1 unspecified atom stereocenters. The maximum atomic E-state index is 4.42. The maximum absolute atomic E-state index is 4.42. The van der Waals surface area contributed by atoms with Crippen LogP contribution in [0.2, 0.25) is 0 Å². The number of piperidine rings is 1. The summed E-state index contributed by atoms with van der Waals surface area (Å²) in [7, 11) is 0. The topological polar surface area (TPSA) is 37.0 Å². The van der Waals surface area contributed by atoms with E-state index in [1.165, 1.54) is 12.8 Å². The summed E-state index contributed by atoms with van der Waals surface area (Å²) in [5.41, 5.74) is 1.49. The number of nitrogens with zero attached hydrogens (tertiary/aromatic N) is 1. The van der Waals surface area contributed by atoms with Crippen molar-refractivity contribution >= 4 is 16.5 Å². The molecule has 0 radical (unpaired) electrons. The van der Waals surface area contributed by atoms with E-state index in [-0.39, 0.29) is 0 Å². The van der Waals surface area contributed by atoms with Crippen molar-refractivity contribution in [1.29, 1.82) is 0 Å². The summed E-state index contributed by atoms with van der Waals surface area (Å²) < 4.78 is 0. The summed E-state index contributed by atoms with van der Waals surface area (Å²) in [4.78, 5) is 4.42. The van der Waals surface area contributed by atoms with E-state index in [0.29, 0.717) is 11.5 Å². The highest BCUT2D eigenvalue weighted by Gasteiger charge is 2.31. The van der Waals surface area contributed by atoms with Gasteiger partial charge in [0.2, 0.25) is 0 Å². The van der Waals surface area contributed by atoms with Crippen molar-refractivity contribution in [3.63, 3.8) is 0 Å². The number of hydrogen-bond acceptors (Lipinski definition) is 4. The largest absolute Gasteiger partial charge is 0.360 e. The smallest absolute Gasteiger partial charge is 0.182 e. The summed E-state index contributed by atoms with van der Waals surface area (Å²) in [6.45, 7) is 8.84. The van der Waals surface area contributed by atoms with Crippen LogP contribution < -0.4 is 10.6 Å². The third-order valence-corrected chi connectivity index (χ3v) is 4.33. The van der Waals surface area contributed by atoms with Gasteiger partial charge in [0.15, 0.2) is 5.13 Å². The normalized spacial score (nSPS) is 24.3. The standard InChI is InChI=1S/C12H21N3S/c1-9-8-16-11(15-9)14-7-10-12(2,3)5-4-6-13-10/h8,10,13H,4-7H2,1-3H3,(H,14,15). The van der Waals surface area contributed by atoms with E-state index in [4.69, 9.17) is 0 Å². The Balaban J connectivity index is 1.89. The number of hydrogen-bond donors (Lipinski definition) is 2. The molecule has 2 rings (SSSR count). The first-order valence-electron chi connectivity index (χ1n) is 5.97. The Morgan fingerprint density at radius 3 is 3.06 bits per heavy atom. The molecule has 1 saturated heterocycles. The Morgan fingerprint density at radius 2 is 2.44 bits per heavy atom. The molecular weight excluding hydrogens is 218 g/mol. The van der Waals surface area contributed by atoms with Gasteiger partial charge in [0, 0.05) is 18.0 Å². The van der Waals surface area contributed by atoms with E-state index in [0.717, 1.165) is 23.9 Å². The van der Waals surface area contributed by atoms with Gasteiger partial charge in [-0.3, -0.25) is 0 Å². The molecule has 90 valence electrons. The van der Waals surface area contributed by atoms with Crippen LogP contribution in [-0.4, -0.2) is 24.1 Å². The molecule has 1 aromatic heterocycles. The average Bonchev–Trinajstić information content (AvgIpc) is 2.62. The highest BCUT2D eigenvalue weighted by molar-refractivity contribution is 7.13. The number of thiazole rings is 1. The molecule has 0 bridgehead atoms. The van der Waals surface area contributed by atoms with E-state index < -0.39 is 0 Å². The van der Waals surface area contributed by atoms with E-state index in [2.05, 4.69) is 34.8 Å². The third kappa shape index (κ3) is 2.74. The van der Waals surface area contributed by atoms with Gasteiger partial charge in [-0.1, -0.05) is 13.8 Å². The second-order valence-electron chi connectivity index (χ2n) is 5.27. The predicted octanol–water partition coefficient (Wildman–Crippen LogP) is 2.64. The molecule has 16 heavy (non-hydrogen) atoms. The minimum Gasteiger partial charge on any atom is -0.360 e. The average molecular weight is 239 g/mol. The molecule has 2 N–H and O–H groups in total. The van der Waals surface area contributed by atoms with Crippen molar-refractivity contribution in [1.82, 2.24) is 10.3 Å². The number of aromatic nitrogens is 1. The van der Waals surface area contributed by atoms with Crippen molar-refractivity contribution in [3.05, 3.63) is 11.1 Å². The first-order chi connectivity index (χ1) is 7.58. The van der Waals surface area contributed by atoms with Gasteiger partial charge in [-0.2, -0.15) is 0 Å². The second kappa shape index (κ2) is 4.72. The predicted molar refractivity (Wildman–Crippen MR) is 70.1 cm³/mol. The molecule has 0 aromatic carbocycles. The number of rotatable bonds is 3. The quantitative estimate of drug-likeness (QED) is 0.851. The fraction of sp³-hybridized carbons (Fsp3) is 0.750. The SMILES string of the molecule is Cc1csc(NCC2NCCCC2(C)C)n1. The van der Waals surface area contributed by atoms with Crippen molar-refractivity contribution in [3.8, 4) is 0 Å². The van der Waals surface area contributed by atoms with Crippen LogP contribution in [0.4, 0.5) is 5.13 Å². The lowest BCUT2D eigenvalue weighted by molar-refractivity contribution is 0.188. The number of aryl methyl sites for hydroxylation is 1. The molecule has 0 saturated carbocycles. The Hall–Kier alpha value is -0.610. The van der Waals surface area contributed by atoms with Crippen LogP contribution in [0.1, 0.15) is 32.4 Å². The van der Waals surface area contributed by atoms with Crippen molar-refractivity contribution in [2.45, 2.75) is 39.7 Å². The van der Waals surface area contributed by atoms with Gasteiger partial charge in [0.25, 0.3) is 0 Å². The zero-order valence-electron chi connectivity index (χ0n) is 10.3. The fourth-order valence-corrected chi connectivity index (χ4v) is 2.94. The van der Waals surface area contributed by atoms with Gasteiger partial charge in [-0.15, -0.1) is 11.3 Å². The van der Waals surface area contributed by atoms with E-state index in [1.807, 2.05) is 6.92 Å². The summed E-state index contributed by atoms with van der Waals surface area (Å²) in [6, 6.07) is 0.547. The molecule has 1 aliphatic rings. The van der Waals surface area contributed by atoms with E-state index >= 15 is 0 Å². The molecular formula is C12H21N3S. The molecule has 1 atom stereocenters. The molecule has 4 heteroatoms. The first-order valence-corrected chi connectivity index (χ1v) is 6.85. The lowest BCUT2D eigenvalue weighted by atomic mass is 9.77. The molecule has 2 heterocycles. The van der Waals surface area contributed by atoms with Crippen LogP contribution in [0.5, 0.6) is 0 Å². The van der Waals surface area contributed by atoms with Gasteiger partial charge in [-0.25, -0.2) is 4.98 Å². The van der Waals surface area contributed by atoms with E-state index in [1.54, 1.807) is 11.3 Å². The van der Waals surface area contributed by atoms with Crippen LogP contribution in [0.3, 0.4) is 0 Å². The lowest BCUT2D eigenvalue weighted by Gasteiger charge is -2.39. The monoisotopic (exact) mass is 239 g/mol. The Bertz CT molecular complexity index is 346. The van der Waals surface area contributed by atoms with Gasteiger partial charge in [0.1, 0.15) is 0 Å². The molecule has 3 nitrogen and oxygen atoms in total. The van der Waals surface area contributed by atoms with Crippen molar-refractivity contribution in [2.75, 3.05) is 18.4 Å². The summed E-state index contributed by atoms with van der Waals surface area (Å²) in [5.74, 6) is 0. The van der Waals surface area contributed by atoms with Gasteiger partial charge < -0.3 is 10.6 Å². The zero-order valence-corrected chi connectivity index (χ0v) is 11.2. The van der Waals surface area contributed by atoms with Crippen LogP contribution >= 0.6 is 11.3 Å². The zero-order chi connectivity index (χ0) is 11.6.